The van der Waals surface area contributed by atoms with Gasteiger partial charge in [-0.1, -0.05) is 6.92 Å². The molecule has 1 aromatic heterocycles. The molecular weight excluding hydrogens is 212 g/mol. The Balaban J connectivity index is 2.43. The topological polar surface area (TPSA) is 62.2 Å². The normalized spacial score (nSPS) is 10.3. The van der Waals surface area contributed by atoms with Gasteiger partial charge >= 0.3 is 0 Å². The van der Waals surface area contributed by atoms with Crippen molar-refractivity contribution in [3.05, 3.63) is 16.1 Å². The summed E-state index contributed by atoms with van der Waals surface area (Å²) in [6.07, 6.45) is 4.17. The largest absolute Gasteiger partial charge is 0.396 e. The van der Waals surface area contributed by atoms with Gasteiger partial charge in [0.15, 0.2) is 0 Å². The predicted octanol–water partition coefficient (Wildman–Crippen LogP) is 1.21. The van der Waals surface area contributed by atoms with E-state index in [9.17, 15) is 4.79 Å². The number of aliphatic hydroxyl groups excluding tert-OH is 1. The molecule has 0 fully saturated rings. The molecule has 2 N–H and O–H groups in total. The van der Waals surface area contributed by atoms with Gasteiger partial charge in [-0.25, -0.2) is 4.98 Å². The lowest BCUT2D eigenvalue weighted by atomic mass is 10.4. The van der Waals surface area contributed by atoms with Crippen LogP contribution in [0.4, 0.5) is 0 Å². The monoisotopic (exact) mass is 228 g/mol. The molecule has 0 saturated carbocycles. The Hall–Kier alpha value is -0.940. The van der Waals surface area contributed by atoms with E-state index in [0.717, 1.165) is 17.8 Å². The third kappa shape index (κ3) is 3.97. The van der Waals surface area contributed by atoms with Crippen LogP contribution < -0.4 is 5.32 Å². The van der Waals surface area contributed by atoms with Crippen LogP contribution in [0.25, 0.3) is 0 Å². The molecule has 0 spiro atoms. The van der Waals surface area contributed by atoms with E-state index >= 15 is 0 Å². The second-order valence-corrected chi connectivity index (χ2v) is 4.32. The van der Waals surface area contributed by atoms with E-state index in [1.807, 2.05) is 0 Å². The number of nitrogens with one attached hydrogen (secondary N) is 1. The Morgan fingerprint density at radius 1 is 1.67 bits per heavy atom. The summed E-state index contributed by atoms with van der Waals surface area (Å²) in [6, 6.07) is 0. The molecule has 0 aliphatic carbocycles. The van der Waals surface area contributed by atoms with Crippen LogP contribution in [-0.2, 0) is 6.42 Å². The molecular formula is C10H16N2O2S. The van der Waals surface area contributed by atoms with Crippen molar-refractivity contribution in [2.75, 3.05) is 13.2 Å². The first-order valence-electron chi connectivity index (χ1n) is 5.11. The molecule has 1 heterocycles. The smallest absolute Gasteiger partial charge is 0.263 e. The van der Waals surface area contributed by atoms with Crippen molar-refractivity contribution >= 4 is 17.2 Å². The number of aryl methyl sites for hydroxylation is 1. The highest BCUT2D eigenvalue weighted by Gasteiger charge is 2.08. The van der Waals surface area contributed by atoms with Crippen LogP contribution in [0.15, 0.2) is 6.20 Å². The van der Waals surface area contributed by atoms with Crippen molar-refractivity contribution in [2.45, 2.75) is 26.2 Å². The van der Waals surface area contributed by atoms with Gasteiger partial charge in [0.05, 0.1) is 11.2 Å². The first-order valence-corrected chi connectivity index (χ1v) is 5.93. The second kappa shape index (κ2) is 6.53. The van der Waals surface area contributed by atoms with E-state index < -0.39 is 0 Å². The van der Waals surface area contributed by atoms with Crippen molar-refractivity contribution in [1.82, 2.24) is 10.3 Å². The molecule has 84 valence electrons. The number of hydrogen-bond acceptors (Lipinski definition) is 4. The van der Waals surface area contributed by atoms with Crippen molar-refractivity contribution in [1.29, 1.82) is 0 Å². The van der Waals surface area contributed by atoms with Gasteiger partial charge in [0, 0.05) is 13.2 Å². The van der Waals surface area contributed by atoms with Gasteiger partial charge in [-0.05, 0) is 19.3 Å². The summed E-state index contributed by atoms with van der Waals surface area (Å²) in [5, 5.41) is 12.3. The van der Waals surface area contributed by atoms with E-state index in [4.69, 9.17) is 5.11 Å². The summed E-state index contributed by atoms with van der Waals surface area (Å²) in [5.74, 6) is -0.0942. The van der Waals surface area contributed by atoms with Gasteiger partial charge in [0.1, 0.15) is 4.88 Å². The van der Waals surface area contributed by atoms with Crippen molar-refractivity contribution in [3.63, 3.8) is 0 Å². The van der Waals surface area contributed by atoms with Crippen LogP contribution in [0.2, 0.25) is 0 Å². The van der Waals surface area contributed by atoms with E-state index in [1.165, 1.54) is 11.3 Å². The number of thiazole rings is 1. The van der Waals surface area contributed by atoms with Gasteiger partial charge in [-0.15, -0.1) is 11.3 Å². The van der Waals surface area contributed by atoms with Crippen LogP contribution in [0.5, 0.6) is 0 Å². The van der Waals surface area contributed by atoms with Gasteiger partial charge in [0.2, 0.25) is 0 Å². The maximum Gasteiger partial charge on any atom is 0.263 e. The molecule has 0 atom stereocenters. The summed E-state index contributed by atoms with van der Waals surface area (Å²) in [6.45, 7) is 2.70. The molecule has 0 aliphatic heterocycles. The molecule has 0 radical (unpaired) electrons. The highest BCUT2D eigenvalue weighted by molar-refractivity contribution is 7.13. The number of carbonyl (C=O) groups is 1. The Morgan fingerprint density at radius 3 is 3.13 bits per heavy atom. The minimum absolute atomic E-state index is 0.0942. The fourth-order valence-corrected chi connectivity index (χ4v) is 2.05. The molecule has 15 heavy (non-hydrogen) atoms. The first-order chi connectivity index (χ1) is 7.27. The average molecular weight is 228 g/mol. The van der Waals surface area contributed by atoms with E-state index in [1.54, 1.807) is 6.20 Å². The molecule has 0 saturated heterocycles. The third-order valence-corrected chi connectivity index (χ3v) is 2.92. The fourth-order valence-electron chi connectivity index (χ4n) is 1.11. The molecule has 5 heteroatoms. The SMILES string of the molecule is CCCc1ncc(C(=O)NCCCO)s1. The maximum absolute atomic E-state index is 11.5. The quantitative estimate of drug-likeness (QED) is 0.719. The average Bonchev–Trinajstić information content (AvgIpc) is 2.67. The summed E-state index contributed by atoms with van der Waals surface area (Å²) in [5.41, 5.74) is 0. The lowest BCUT2D eigenvalue weighted by Gasteiger charge is -2.00. The summed E-state index contributed by atoms with van der Waals surface area (Å²) < 4.78 is 0. The number of aromatic nitrogens is 1. The van der Waals surface area contributed by atoms with E-state index in [-0.39, 0.29) is 12.5 Å². The number of carbonyl (C=O) groups excluding carboxylic acids is 1. The maximum atomic E-state index is 11.5. The van der Waals surface area contributed by atoms with Crippen LogP contribution in [-0.4, -0.2) is 29.1 Å². The highest BCUT2D eigenvalue weighted by Crippen LogP contribution is 2.14. The third-order valence-electron chi connectivity index (χ3n) is 1.86. The molecule has 4 nitrogen and oxygen atoms in total. The number of nitrogens with zero attached hydrogens (tertiary/aromatic N) is 1. The molecule has 0 unspecified atom stereocenters. The summed E-state index contributed by atoms with van der Waals surface area (Å²) in [7, 11) is 0. The minimum atomic E-state index is -0.0942. The van der Waals surface area contributed by atoms with Crippen LogP contribution in [0, 0.1) is 0 Å². The Kier molecular flexibility index (Phi) is 5.28. The molecule has 1 rings (SSSR count). The van der Waals surface area contributed by atoms with Crippen molar-refractivity contribution in [2.24, 2.45) is 0 Å². The summed E-state index contributed by atoms with van der Waals surface area (Å²) >= 11 is 1.44. The second-order valence-electron chi connectivity index (χ2n) is 3.20. The lowest BCUT2D eigenvalue weighted by Crippen LogP contribution is -2.24. The molecule has 1 amide bonds. The fraction of sp³-hybridized carbons (Fsp3) is 0.600. The lowest BCUT2D eigenvalue weighted by molar-refractivity contribution is 0.0955. The number of rotatable bonds is 6. The van der Waals surface area contributed by atoms with Gasteiger partial charge in [0.25, 0.3) is 5.91 Å². The van der Waals surface area contributed by atoms with Gasteiger partial charge in [-0.2, -0.15) is 0 Å². The molecule has 0 aliphatic rings. The van der Waals surface area contributed by atoms with E-state index in [2.05, 4.69) is 17.2 Å². The summed E-state index contributed by atoms with van der Waals surface area (Å²) in [4.78, 5) is 16.3. The first kappa shape index (κ1) is 12.1. The Bertz CT molecular complexity index is 312. The molecule has 0 aromatic carbocycles. The van der Waals surface area contributed by atoms with Gasteiger partial charge < -0.3 is 10.4 Å². The van der Waals surface area contributed by atoms with Crippen LogP contribution >= 0.6 is 11.3 Å². The van der Waals surface area contributed by atoms with Gasteiger partial charge in [-0.3, -0.25) is 4.79 Å². The number of hydrogen-bond donors (Lipinski definition) is 2. The minimum Gasteiger partial charge on any atom is -0.396 e. The Morgan fingerprint density at radius 2 is 2.47 bits per heavy atom. The predicted molar refractivity (Wildman–Crippen MR) is 60.1 cm³/mol. The number of aliphatic hydroxyl groups is 1. The van der Waals surface area contributed by atoms with Crippen molar-refractivity contribution < 1.29 is 9.90 Å². The number of amides is 1. The van der Waals surface area contributed by atoms with E-state index in [0.29, 0.717) is 17.8 Å². The van der Waals surface area contributed by atoms with Crippen molar-refractivity contribution in [3.8, 4) is 0 Å². The van der Waals surface area contributed by atoms with Crippen LogP contribution in [0.1, 0.15) is 34.4 Å². The standard InChI is InChI=1S/C10H16N2O2S/c1-2-4-9-12-7-8(15-9)10(14)11-5-3-6-13/h7,13H,2-6H2,1H3,(H,11,14). The molecule has 0 bridgehead atoms. The van der Waals surface area contributed by atoms with Crippen LogP contribution in [0.3, 0.4) is 0 Å². The zero-order valence-electron chi connectivity index (χ0n) is 8.82. The zero-order chi connectivity index (χ0) is 11.1. The zero-order valence-corrected chi connectivity index (χ0v) is 9.64. The molecule has 1 aromatic rings. The highest BCUT2D eigenvalue weighted by atomic mass is 32.1. The Labute approximate surface area is 93.4 Å².